The predicted molar refractivity (Wildman–Crippen MR) is 70.3 cm³/mol. The topological polar surface area (TPSA) is 106 Å². The van der Waals surface area contributed by atoms with Crippen LogP contribution in [0, 0.1) is 5.92 Å². The van der Waals surface area contributed by atoms with E-state index in [1.54, 1.807) is 0 Å². The molecule has 0 aliphatic heterocycles. The van der Waals surface area contributed by atoms with E-state index < -0.39 is 20.0 Å². The third-order valence-electron chi connectivity index (χ3n) is 3.14. The van der Waals surface area contributed by atoms with Crippen molar-refractivity contribution in [2.75, 3.05) is 0 Å². The van der Waals surface area contributed by atoms with E-state index >= 15 is 0 Å². The Morgan fingerprint density at radius 2 is 1.74 bits per heavy atom. The summed E-state index contributed by atoms with van der Waals surface area (Å²) in [5.74, 6) is 0.517. The Morgan fingerprint density at radius 3 is 2.26 bits per heavy atom. The molecule has 1 aromatic carbocycles. The highest BCUT2D eigenvalue weighted by Crippen LogP contribution is 2.28. The lowest BCUT2D eigenvalue weighted by molar-refractivity contribution is 0.270. The van der Waals surface area contributed by atoms with Gasteiger partial charge in [-0.2, -0.15) is 0 Å². The van der Waals surface area contributed by atoms with Gasteiger partial charge in [0.1, 0.15) is 0 Å². The third-order valence-corrected chi connectivity index (χ3v) is 5.57. The van der Waals surface area contributed by atoms with Crippen LogP contribution in [0.3, 0.4) is 0 Å². The first-order valence-corrected chi connectivity index (χ1v) is 8.86. The Kier molecular flexibility index (Phi) is 3.69. The Bertz CT molecular complexity index is 676. The quantitative estimate of drug-likeness (QED) is 0.840. The van der Waals surface area contributed by atoms with Gasteiger partial charge in [-0.3, -0.25) is 0 Å². The second-order valence-electron chi connectivity index (χ2n) is 4.91. The molecular formula is C11H16N2O4S2. The average Bonchev–Trinajstić information content (AvgIpc) is 2.26. The molecule has 0 unspecified atom stereocenters. The van der Waals surface area contributed by atoms with Gasteiger partial charge in [-0.15, -0.1) is 0 Å². The highest BCUT2D eigenvalue weighted by molar-refractivity contribution is 7.90. The summed E-state index contributed by atoms with van der Waals surface area (Å²) in [6.07, 6.45) is 1.60. The molecule has 0 amide bonds. The number of rotatable bonds is 4. The van der Waals surface area contributed by atoms with Crippen LogP contribution in [0.4, 0.5) is 0 Å². The zero-order valence-corrected chi connectivity index (χ0v) is 12.0. The molecule has 0 heterocycles. The van der Waals surface area contributed by atoms with Gasteiger partial charge in [0.25, 0.3) is 0 Å². The second-order valence-corrected chi connectivity index (χ2v) is 8.19. The van der Waals surface area contributed by atoms with E-state index in [1.165, 1.54) is 18.2 Å². The highest BCUT2D eigenvalue weighted by Gasteiger charge is 2.30. The van der Waals surface area contributed by atoms with Crippen molar-refractivity contribution in [3.05, 3.63) is 24.3 Å². The summed E-state index contributed by atoms with van der Waals surface area (Å²) in [5.41, 5.74) is 0. The largest absolute Gasteiger partial charge is 0.240 e. The predicted octanol–water partition coefficient (Wildman–Crippen LogP) is 0.411. The van der Waals surface area contributed by atoms with E-state index in [0.29, 0.717) is 5.92 Å². The summed E-state index contributed by atoms with van der Waals surface area (Å²) in [4.78, 5) is -0.295. The molecule has 1 saturated carbocycles. The summed E-state index contributed by atoms with van der Waals surface area (Å²) >= 11 is 0. The van der Waals surface area contributed by atoms with Crippen molar-refractivity contribution in [2.45, 2.75) is 35.6 Å². The van der Waals surface area contributed by atoms with E-state index in [2.05, 4.69) is 4.72 Å². The van der Waals surface area contributed by atoms with Gasteiger partial charge in [0.15, 0.2) is 0 Å². The second kappa shape index (κ2) is 4.86. The molecule has 1 aromatic rings. The summed E-state index contributed by atoms with van der Waals surface area (Å²) in [6.45, 7) is 2.05. The SMILES string of the molecule is CC1CC(NS(=O)(=O)c2cccc(S(N)(=O)=O)c2)C1. The normalized spacial score (nSPS) is 23.9. The summed E-state index contributed by atoms with van der Waals surface area (Å²) in [7, 11) is -7.60. The van der Waals surface area contributed by atoms with Gasteiger partial charge in [-0.25, -0.2) is 26.7 Å². The molecule has 1 aliphatic carbocycles. The van der Waals surface area contributed by atoms with Crippen molar-refractivity contribution >= 4 is 20.0 Å². The Balaban J connectivity index is 2.26. The number of hydrogen-bond donors (Lipinski definition) is 2. The van der Waals surface area contributed by atoms with Crippen molar-refractivity contribution < 1.29 is 16.8 Å². The Hall–Kier alpha value is -0.960. The zero-order chi connectivity index (χ0) is 14.3. The minimum absolute atomic E-state index is 0.0712. The van der Waals surface area contributed by atoms with Crippen molar-refractivity contribution in [1.82, 2.24) is 4.72 Å². The van der Waals surface area contributed by atoms with Crippen LogP contribution in [0.2, 0.25) is 0 Å². The van der Waals surface area contributed by atoms with Crippen molar-refractivity contribution in [1.29, 1.82) is 0 Å². The van der Waals surface area contributed by atoms with Crippen LogP contribution in [-0.4, -0.2) is 22.9 Å². The Labute approximate surface area is 113 Å². The lowest BCUT2D eigenvalue weighted by Gasteiger charge is -2.32. The molecule has 0 aromatic heterocycles. The maximum absolute atomic E-state index is 12.1. The minimum Gasteiger partial charge on any atom is -0.225 e. The number of sulfonamides is 2. The molecule has 0 spiro atoms. The fourth-order valence-corrected chi connectivity index (χ4v) is 4.05. The molecule has 3 N–H and O–H groups in total. The van der Waals surface area contributed by atoms with Gasteiger partial charge in [-0.1, -0.05) is 13.0 Å². The average molecular weight is 304 g/mol. The number of benzene rings is 1. The fourth-order valence-electron chi connectivity index (χ4n) is 2.10. The molecule has 0 atom stereocenters. The lowest BCUT2D eigenvalue weighted by Crippen LogP contribution is -2.43. The van der Waals surface area contributed by atoms with Crippen LogP contribution in [0.5, 0.6) is 0 Å². The van der Waals surface area contributed by atoms with Crippen LogP contribution in [0.15, 0.2) is 34.1 Å². The molecule has 19 heavy (non-hydrogen) atoms. The smallest absolute Gasteiger partial charge is 0.225 e. The monoisotopic (exact) mass is 304 g/mol. The molecule has 0 radical (unpaired) electrons. The minimum atomic E-state index is -3.91. The third kappa shape index (κ3) is 3.33. The van der Waals surface area contributed by atoms with Crippen LogP contribution >= 0.6 is 0 Å². The molecule has 0 bridgehead atoms. The van der Waals surface area contributed by atoms with Gasteiger partial charge in [-0.05, 0) is 37.0 Å². The standard InChI is InChI=1S/C11H16N2O4S2/c1-8-5-9(6-8)13-19(16,17)11-4-2-3-10(7-11)18(12,14)15/h2-4,7-9,13H,5-6H2,1H3,(H2,12,14,15). The molecule has 2 rings (SSSR count). The zero-order valence-electron chi connectivity index (χ0n) is 10.4. The van der Waals surface area contributed by atoms with Crippen molar-refractivity contribution in [3.8, 4) is 0 Å². The molecule has 0 saturated heterocycles. The molecular weight excluding hydrogens is 288 g/mol. The van der Waals surface area contributed by atoms with E-state index in [9.17, 15) is 16.8 Å². The molecule has 8 heteroatoms. The summed E-state index contributed by atoms with van der Waals surface area (Å²) in [5, 5.41) is 4.98. The number of hydrogen-bond acceptors (Lipinski definition) is 4. The first kappa shape index (κ1) is 14.4. The number of nitrogens with two attached hydrogens (primary N) is 1. The van der Waals surface area contributed by atoms with Gasteiger partial charge >= 0.3 is 0 Å². The summed E-state index contributed by atoms with van der Waals surface area (Å²) in [6, 6.07) is 4.97. The van der Waals surface area contributed by atoms with Crippen molar-refractivity contribution in [2.24, 2.45) is 11.1 Å². The van der Waals surface area contributed by atoms with Gasteiger partial charge < -0.3 is 0 Å². The summed E-state index contributed by atoms with van der Waals surface area (Å²) < 4.78 is 49.1. The van der Waals surface area contributed by atoms with E-state index in [-0.39, 0.29) is 15.8 Å². The van der Waals surface area contributed by atoms with Crippen molar-refractivity contribution in [3.63, 3.8) is 0 Å². The lowest BCUT2D eigenvalue weighted by atomic mass is 9.83. The van der Waals surface area contributed by atoms with E-state index in [1.807, 2.05) is 6.92 Å². The van der Waals surface area contributed by atoms with Crippen LogP contribution in [-0.2, 0) is 20.0 Å². The first-order chi connectivity index (χ1) is 8.68. The maximum Gasteiger partial charge on any atom is 0.240 e. The molecule has 106 valence electrons. The highest BCUT2D eigenvalue weighted by atomic mass is 32.2. The van der Waals surface area contributed by atoms with E-state index in [0.717, 1.165) is 18.9 Å². The number of nitrogens with one attached hydrogen (secondary N) is 1. The fraction of sp³-hybridized carbons (Fsp3) is 0.455. The molecule has 6 nitrogen and oxygen atoms in total. The van der Waals surface area contributed by atoms with E-state index in [4.69, 9.17) is 5.14 Å². The maximum atomic E-state index is 12.1. The molecule has 1 fully saturated rings. The van der Waals surface area contributed by atoms with Crippen LogP contribution in [0.25, 0.3) is 0 Å². The Morgan fingerprint density at radius 1 is 1.16 bits per heavy atom. The van der Waals surface area contributed by atoms with Gasteiger partial charge in [0, 0.05) is 6.04 Å². The number of primary sulfonamides is 1. The molecule has 1 aliphatic rings. The van der Waals surface area contributed by atoms with Gasteiger partial charge in [0.05, 0.1) is 9.79 Å². The van der Waals surface area contributed by atoms with Gasteiger partial charge in [0.2, 0.25) is 20.0 Å². The van der Waals surface area contributed by atoms with Crippen LogP contribution < -0.4 is 9.86 Å². The first-order valence-electron chi connectivity index (χ1n) is 5.84. The van der Waals surface area contributed by atoms with Crippen LogP contribution in [0.1, 0.15) is 19.8 Å².